The van der Waals surface area contributed by atoms with Gasteiger partial charge in [0.05, 0.1) is 47.2 Å². The summed E-state index contributed by atoms with van der Waals surface area (Å²) >= 11 is 6.12. The van der Waals surface area contributed by atoms with Crippen LogP contribution in [-0.4, -0.2) is 82.7 Å². The number of hydrogen-bond acceptors (Lipinski definition) is 11. The molecule has 2 saturated heterocycles. The highest BCUT2D eigenvalue weighted by atomic mass is 35.5. The van der Waals surface area contributed by atoms with Crippen LogP contribution in [0, 0.1) is 36.3 Å². The number of carboxylic acid groups (broad SMARTS) is 2. The molecular weight excluding hydrogens is 1180 g/mol. The third-order valence-corrected chi connectivity index (χ3v) is 16.7. The fourth-order valence-corrected chi connectivity index (χ4v) is 11.6. The minimum Gasteiger partial charge on any atom is -0.493 e. The van der Waals surface area contributed by atoms with E-state index >= 15 is 0 Å². The lowest BCUT2D eigenvalue weighted by atomic mass is 9.81. The van der Waals surface area contributed by atoms with E-state index in [2.05, 4.69) is 42.5 Å². The summed E-state index contributed by atoms with van der Waals surface area (Å²) in [6, 6.07) is 35.1. The largest absolute Gasteiger partial charge is 0.493 e. The van der Waals surface area contributed by atoms with Crippen LogP contribution in [0.2, 0.25) is 5.02 Å². The lowest BCUT2D eigenvalue weighted by Crippen LogP contribution is -2.39. The van der Waals surface area contributed by atoms with Crippen LogP contribution in [0.1, 0.15) is 152 Å². The topological polar surface area (TPSA) is 153 Å². The summed E-state index contributed by atoms with van der Waals surface area (Å²) in [6.45, 7) is 26.7. The summed E-state index contributed by atoms with van der Waals surface area (Å²) in [5.74, 6) is -0.751. The van der Waals surface area contributed by atoms with Gasteiger partial charge in [-0.1, -0.05) is 87.8 Å². The zero-order valence-corrected chi connectivity index (χ0v) is 55.4. The second-order valence-electron chi connectivity index (χ2n) is 27.1. The van der Waals surface area contributed by atoms with Gasteiger partial charge in [0.1, 0.15) is 42.2 Å². The zero-order chi connectivity index (χ0) is 66.0. The number of aromatic nitrogens is 2. The highest BCUT2D eigenvalue weighted by Crippen LogP contribution is 2.48. The van der Waals surface area contributed by atoms with Crippen LogP contribution in [0.4, 0.5) is 24.5 Å². The first-order valence-electron chi connectivity index (χ1n) is 31.2. The van der Waals surface area contributed by atoms with E-state index in [0.29, 0.717) is 101 Å². The van der Waals surface area contributed by atoms with Crippen molar-refractivity contribution in [3.63, 3.8) is 0 Å². The smallest absolute Gasteiger partial charge is 0.337 e. The number of carboxylic acids is 2. The first-order valence-corrected chi connectivity index (χ1v) is 31.6. The average Bonchev–Trinajstić information content (AvgIpc) is 0.768. The molecule has 2 fully saturated rings. The van der Waals surface area contributed by atoms with Crippen LogP contribution < -0.4 is 24.0 Å². The highest BCUT2D eigenvalue weighted by Gasteiger charge is 2.39. The Morgan fingerprint density at radius 2 is 0.879 bits per heavy atom. The third-order valence-electron chi connectivity index (χ3n) is 16.5. The van der Waals surface area contributed by atoms with Crippen molar-refractivity contribution in [1.29, 1.82) is 0 Å². The Hall–Kier alpha value is -7.66. The number of rotatable bonds is 22. The van der Waals surface area contributed by atoms with Gasteiger partial charge in [-0.2, -0.15) is 0 Å². The molecular formula is C74H88ClF3N4O9. The van der Waals surface area contributed by atoms with Crippen LogP contribution in [0.5, 0.6) is 17.2 Å². The molecule has 2 aliphatic rings. The van der Waals surface area contributed by atoms with Gasteiger partial charge in [-0.25, -0.2) is 22.8 Å². The van der Waals surface area contributed by atoms with Gasteiger partial charge in [0.2, 0.25) is 0 Å². The number of carbonyl (C=O) groups is 2. The maximum absolute atomic E-state index is 14.6. The van der Waals surface area contributed by atoms with Crippen molar-refractivity contribution in [2.75, 3.05) is 49.2 Å². The fraction of sp³-hybridized carbons (Fsp3) is 0.432. The van der Waals surface area contributed by atoms with Gasteiger partial charge >= 0.3 is 11.9 Å². The average molecular weight is 1270 g/mol. The molecule has 0 bridgehead atoms. The predicted molar refractivity (Wildman–Crippen MR) is 353 cm³/mol. The second-order valence-corrected chi connectivity index (χ2v) is 27.6. The molecule has 91 heavy (non-hydrogen) atoms. The maximum Gasteiger partial charge on any atom is 0.337 e. The van der Waals surface area contributed by atoms with Crippen LogP contribution in [0.15, 0.2) is 121 Å². The monoisotopic (exact) mass is 1270 g/mol. The number of nitrogens with zero attached hydrogens (tertiary/aromatic N) is 4. The lowest BCUT2D eigenvalue weighted by Gasteiger charge is -2.41. The lowest BCUT2D eigenvalue weighted by molar-refractivity contribution is -0.161. The standard InChI is InChI=1S/C40H46ClFN2O5.C34H42F2N2O4/c1-26-34(37(38(45)46)49-39(2,3)4)36(44-22-20-40(5,6)21-23-44)35(33(43-26)25-48-32-17-11-29(41)12-18-32)28-9-15-31(16-10-28)47-24-19-27-7-13-30(42)14-8-27;1-22-28(31(32(39)40)42-33(2,3)4)30(38-18-16-34(5,6)17-19-38)29(27(21-35)37-22)24-9-13-26(14-10-24)41-20-15-23-7-11-25(36)12-8-23/h7-18,37H,19-25H2,1-6H3,(H,45,46);7-14,31H,15-21H2,1-6H3,(H,39,40)/t37-;31-/m00/s1. The molecule has 7 aromatic rings. The molecule has 486 valence electrons. The van der Waals surface area contributed by atoms with Crippen molar-refractivity contribution < 1.29 is 56.7 Å². The molecule has 5 aromatic carbocycles. The molecule has 4 heterocycles. The molecule has 0 amide bonds. The van der Waals surface area contributed by atoms with Crippen LogP contribution in [0.25, 0.3) is 22.3 Å². The van der Waals surface area contributed by atoms with Crippen LogP contribution in [0.3, 0.4) is 0 Å². The number of hydrogen-bond donors (Lipinski definition) is 2. The molecule has 0 saturated carbocycles. The predicted octanol–water partition coefficient (Wildman–Crippen LogP) is 17.5. The zero-order valence-electron chi connectivity index (χ0n) is 54.7. The summed E-state index contributed by atoms with van der Waals surface area (Å²) in [5, 5.41) is 21.6. The Morgan fingerprint density at radius 1 is 0.538 bits per heavy atom. The first kappa shape index (κ1) is 69.2. The fourth-order valence-electron chi connectivity index (χ4n) is 11.5. The Balaban J connectivity index is 0.000000237. The summed E-state index contributed by atoms with van der Waals surface area (Å²) in [4.78, 5) is 39.7. The third kappa shape index (κ3) is 19.0. The van der Waals surface area contributed by atoms with E-state index < -0.39 is 42.0 Å². The number of alkyl halides is 1. The van der Waals surface area contributed by atoms with Gasteiger partial charge < -0.3 is 43.7 Å². The number of benzene rings is 5. The van der Waals surface area contributed by atoms with E-state index in [1.807, 2.05) is 109 Å². The summed E-state index contributed by atoms with van der Waals surface area (Å²) in [6.07, 6.45) is 2.47. The number of piperidine rings is 2. The first-order chi connectivity index (χ1) is 43.0. The van der Waals surface area contributed by atoms with Crippen molar-refractivity contribution in [3.8, 4) is 39.5 Å². The van der Waals surface area contributed by atoms with E-state index in [4.69, 9.17) is 40.3 Å². The SMILES string of the molecule is Cc1nc(CF)c(-c2ccc(OCCc3ccc(F)cc3)cc2)c(N2CCC(C)(C)CC2)c1[C@H](OC(C)(C)C)C(=O)O.Cc1nc(COc2ccc(Cl)cc2)c(-c2ccc(OCCc3ccc(F)cc3)cc2)c(N2CCC(C)(C)CC2)c1[C@H](OC(C)(C)C)C(=O)O. The van der Waals surface area contributed by atoms with Crippen LogP contribution in [-0.2, 0) is 45.2 Å². The van der Waals surface area contributed by atoms with E-state index in [1.165, 1.54) is 24.3 Å². The number of ether oxygens (including phenoxy) is 5. The Kier molecular flexibility index (Phi) is 22.6. The quantitative estimate of drug-likeness (QED) is 0.0663. The maximum atomic E-state index is 14.6. The van der Waals surface area contributed by atoms with Crippen molar-refractivity contribution in [1.82, 2.24) is 9.97 Å². The number of anilines is 2. The van der Waals surface area contributed by atoms with Crippen molar-refractivity contribution in [2.24, 2.45) is 10.8 Å². The van der Waals surface area contributed by atoms with E-state index in [0.717, 1.165) is 72.3 Å². The number of aliphatic carboxylic acids is 2. The molecule has 2 atom stereocenters. The molecule has 0 unspecified atom stereocenters. The molecule has 17 heteroatoms. The van der Waals surface area contributed by atoms with Gasteiger partial charge in [-0.3, -0.25) is 9.97 Å². The molecule has 0 aliphatic carbocycles. The van der Waals surface area contributed by atoms with Gasteiger partial charge in [0.15, 0.2) is 12.2 Å². The van der Waals surface area contributed by atoms with E-state index in [1.54, 1.807) is 43.3 Å². The minimum atomic E-state index is -1.27. The Morgan fingerprint density at radius 3 is 1.23 bits per heavy atom. The number of aryl methyl sites for hydroxylation is 2. The molecule has 0 radical (unpaired) electrons. The molecule has 9 rings (SSSR count). The Bertz CT molecular complexity index is 3570. The van der Waals surface area contributed by atoms with Gasteiger partial charge in [-0.15, -0.1) is 0 Å². The summed E-state index contributed by atoms with van der Waals surface area (Å²) < 4.78 is 71.8. The summed E-state index contributed by atoms with van der Waals surface area (Å²) in [5.41, 5.74) is 8.25. The molecule has 2 aliphatic heterocycles. The molecule has 0 spiro atoms. The molecule has 13 nitrogen and oxygen atoms in total. The second kappa shape index (κ2) is 29.7. The summed E-state index contributed by atoms with van der Waals surface area (Å²) in [7, 11) is 0. The Labute approximate surface area is 539 Å². The van der Waals surface area contributed by atoms with Crippen LogP contribution >= 0.6 is 11.6 Å². The van der Waals surface area contributed by atoms with Gasteiger partial charge in [0.25, 0.3) is 0 Å². The number of halogens is 4. The van der Waals surface area contributed by atoms with E-state index in [-0.39, 0.29) is 34.8 Å². The highest BCUT2D eigenvalue weighted by molar-refractivity contribution is 6.30. The van der Waals surface area contributed by atoms with Gasteiger partial charge in [0, 0.05) is 77.7 Å². The molecule has 2 N–H and O–H groups in total. The van der Waals surface area contributed by atoms with E-state index in [9.17, 15) is 33.0 Å². The number of pyridine rings is 2. The van der Waals surface area contributed by atoms with Crippen molar-refractivity contribution in [2.45, 2.75) is 158 Å². The normalized spacial score (nSPS) is 15.5. The van der Waals surface area contributed by atoms with Crippen molar-refractivity contribution in [3.05, 3.63) is 183 Å². The minimum absolute atomic E-state index is 0.151. The molecule has 2 aromatic heterocycles. The van der Waals surface area contributed by atoms with Gasteiger partial charge in [-0.05, 0) is 187 Å². The van der Waals surface area contributed by atoms with Crippen molar-refractivity contribution >= 4 is 34.9 Å².